The molecule has 1 atom stereocenters. The minimum absolute atomic E-state index is 0.759. The van der Waals surface area contributed by atoms with Crippen LogP contribution in [0, 0.1) is 5.92 Å². The second-order valence-corrected chi connectivity index (χ2v) is 5.64. The normalized spacial score (nSPS) is 20.8. The van der Waals surface area contributed by atoms with Crippen molar-refractivity contribution in [2.75, 3.05) is 13.1 Å². The van der Waals surface area contributed by atoms with Gasteiger partial charge in [-0.3, -0.25) is 10.00 Å². The number of aryl methyl sites for hydroxylation is 1. The number of hydrogen-bond donors (Lipinski definition) is 1. The molecular formula is C15H22N4. The Bertz CT molecular complexity index is 500. The third kappa shape index (κ3) is 3.07. The van der Waals surface area contributed by atoms with E-state index in [4.69, 9.17) is 0 Å². The minimum atomic E-state index is 0.759. The summed E-state index contributed by atoms with van der Waals surface area (Å²) in [5, 5.41) is 7.12. The van der Waals surface area contributed by atoms with E-state index in [9.17, 15) is 0 Å². The number of rotatable bonds is 4. The number of aromatic amines is 1. The summed E-state index contributed by atoms with van der Waals surface area (Å²) in [5.41, 5.74) is 2.67. The largest absolute Gasteiger partial charge is 0.353 e. The van der Waals surface area contributed by atoms with Crippen LogP contribution in [0.25, 0.3) is 0 Å². The Morgan fingerprint density at radius 3 is 3.11 bits per heavy atom. The molecule has 4 heteroatoms. The summed E-state index contributed by atoms with van der Waals surface area (Å²) < 4.78 is 2.22. The van der Waals surface area contributed by atoms with E-state index in [1.54, 1.807) is 0 Å². The van der Waals surface area contributed by atoms with Crippen molar-refractivity contribution in [3.05, 3.63) is 42.0 Å². The molecule has 0 saturated carbocycles. The fourth-order valence-corrected chi connectivity index (χ4v) is 3.06. The summed E-state index contributed by atoms with van der Waals surface area (Å²) in [6.45, 7) is 3.50. The second-order valence-electron chi connectivity index (χ2n) is 5.64. The van der Waals surface area contributed by atoms with Gasteiger partial charge in [-0.25, -0.2) is 0 Å². The van der Waals surface area contributed by atoms with Crippen LogP contribution in [0.4, 0.5) is 0 Å². The van der Waals surface area contributed by atoms with Gasteiger partial charge in [-0.1, -0.05) is 0 Å². The van der Waals surface area contributed by atoms with E-state index in [0.29, 0.717) is 0 Å². The summed E-state index contributed by atoms with van der Waals surface area (Å²) in [5.74, 6) is 0.759. The summed E-state index contributed by atoms with van der Waals surface area (Å²) in [4.78, 5) is 2.58. The molecule has 0 radical (unpaired) electrons. The Kier molecular flexibility index (Phi) is 3.69. The maximum absolute atomic E-state index is 4.04. The van der Waals surface area contributed by atoms with Gasteiger partial charge in [-0.05, 0) is 49.9 Å². The van der Waals surface area contributed by atoms with E-state index in [1.807, 2.05) is 6.20 Å². The monoisotopic (exact) mass is 258 g/mol. The first-order valence-electron chi connectivity index (χ1n) is 7.12. The van der Waals surface area contributed by atoms with Crippen molar-refractivity contribution in [3.63, 3.8) is 0 Å². The number of piperidine rings is 1. The molecule has 2 aromatic heterocycles. The number of nitrogens with zero attached hydrogens (tertiary/aromatic N) is 3. The predicted octanol–water partition coefficient (Wildman–Crippen LogP) is 2.20. The highest BCUT2D eigenvalue weighted by molar-refractivity contribution is 5.06. The average Bonchev–Trinajstić information content (AvgIpc) is 3.03. The molecule has 0 aromatic carbocycles. The van der Waals surface area contributed by atoms with Crippen molar-refractivity contribution in [1.29, 1.82) is 0 Å². The fourth-order valence-electron chi connectivity index (χ4n) is 3.06. The first-order chi connectivity index (χ1) is 9.31. The molecular weight excluding hydrogens is 236 g/mol. The highest BCUT2D eigenvalue weighted by atomic mass is 15.2. The van der Waals surface area contributed by atoms with Crippen LogP contribution in [-0.4, -0.2) is 32.8 Å². The molecule has 0 unspecified atom stereocenters. The van der Waals surface area contributed by atoms with Crippen LogP contribution in [0.15, 0.2) is 30.6 Å². The Hall–Kier alpha value is -1.55. The van der Waals surface area contributed by atoms with E-state index in [2.05, 4.69) is 51.1 Å². The first-order valence-corrected chi connectivity index (χ1v) is 7.12. The molecule has 0 amide bonds. The second kappa shape index (κ2) is 5.61. The van der Waals surface area contributed by atoms with Gasteiger partial charge >= 0.3 is 0 Å². The van der Waals surface area contributed by atoms with Gasteiger partial charge in [0.2, 0.25) is 0 Å². The lowest BCUT2D eigenvalue weighted by molar-refractivity contribution is 0.163. The van der Waals surface area contributed by atoms with Crippen LogP contribution in [0.1, 0.15) is 24.2 Å². The number of H-pyrrole nitrogens is 1. The third-order valence-electron chi connectivity index (χ3n) is 4.11. The Morgan fingerprint density at radius 1 is 1.42 bits per heavy atom. The van der Waals surface area contributed by atoms with Crippen LogP contribution in [-0.2, 0) is 20.0 Å². The van der Waals surface area contributed by atoms with Gasteiger partial charge in [0.25, 0.3) is 0 Å². The van der Waals surface area contributed by atoms with Crippen molar-refractivity contribution in [2.45, 2.75) is 25.8 Å². The van der Waals surface area contributed by atoms with E-state index < -0.39 is 0 Å². The van der Waals surface area contributed by atoms with E-state index in [-0.39, 0.29) is 0 Å². The lowest BCUT2D eigenvalue weighted by Crippen LogP contribution is -2.36. The molecule has 3 heterocycles. The number of likely N-dealkylation sites (tertiary alicyclic amines) is 1. The van der Waals surface area contributed by atoms with Crippen molar-refractivity contribution in [3.8, 4) is 0 Å². The molecule has 1 saturated heterocycles. The number of hydrogen-bond acceptors (Lipinski definition) is 2. The van der Waals surface area contributed by atoms with Crippen molar-refractivity contribution < 1.29 is 0 Å². The minimum Gasteiger partial charge on any atom is -0.353 e. The lowest BCUT2D eigenvalue weighted by Gasteiger charge is -2.32. The fraction of sp³-hybridized carbons (Fsp3) is 0.533. The zero-order chi connectivity index (χ0) is 13.1. The van der Waals surface area contributed by atoms with Crippen molar-refractivity contribution >= 4 is 0 Å². The van der Waals surface area contributed by atoms with Gasteiger partial charge in [-0.15, -0.1) is 0 Å². The highest BCUT2D eigenvalue weighted by Gasteiger charge is 2.21. The molecule has 0 aliphatic carbocycles. The molecule has 19 heavy (non-hydrogen) atoms. The van der Waals surface area contributed by atoms with Gasteiger partial charge in [0.1, 0.15) is 0 Å². The molecule has 1 aliphatic rings. The van der Waals surface area contributed by atoms with Gasteiger partial charge in [0.05, 0.1) is 0 Å². The molecule has 1 N–H and O–H groups in total. The van der Waals surface area contributed by atoms with Crippen LogP contribution in [0.2, 0.25) is 0 Å². The molecule has 1 aliphatic heterocycles. The van der Waals surface area contributed by atoms with Crippen molar-refractivity contribution in [1.82, 2.24) is 19.7 Å². The Labute approximate surface area is 114 Å². The molecule has 0 bridgehead atoms. The van der Waals surface area contributed by atoms with Gasteiger partial charge in [0.15, 0.2) is 0 Å². The molecule has 4 nitrogen and oxygen atoms in total. The average molecular weight is 258 g/mol. The van der Waals surface area contributed by atoms with Gasteiger partial charge in [-0.2, -0.15) is 5.10 Å². The van der Waals surface area contributed by atoms with E-state index in [0.717, 1.165) is 18.9 Å². The van der Waals surface area contributed by atoms with Crippen LogP contribution >= 0.6 is 0 Å². The van der Waals surface area contributed by atoms with E-state index in [1.165, 1.54) is 37.3 Å². The van der Waals surface area contributed by atoms with E-state index >= 15 is 0 Å². The topological polar surface area (TPSA) is 36.9 Å². The highest BCUT2D eigenvalue weighted by Crippen LogP contribution is 2.21. The summed E-state index contributed by atoms with van der Waals surface area (Å²) in [6.07, 6.45) is 7.75. The number of nitrogens with one attached hydrogen (secondary N) is 1. The standard InChI is InChI=1S/C15H22N4/c1-18-8-3-5-15(18)12-19-9-2-4-13(11-19)10-14-6-7-16-17-14/h3,5-8,13H,2,4,9-12H2,1H3,(H,16,17)/t13-/m0/s1. The molecule has 2 aromatic rings. The zero-order valence-corrected chi connectivity index (χ0v) is 11.5. The van der Waals surface area contributed by atoms with Crippen molar-refractivity contribution in [2.24, 2.45) is 13.0 Å². The quantitative estimate of drug-likeness (QED) is 0.913. The van der Waals surface area contributed by atoms with Crippen LogP contribution < -0.4 is 0 Å². The summed E-state index contributed by atoms with van der Waals surface area (Å²) in [6, 6.07) is 6.44. The zero-order valence-electron chi connectivity index (χ0n) is 11.5. The summed E-state index contributed by atoms with van der Waals surface area (Å²) in [7, 11) is 2.13. The van der Waals surface area contributed by atoms with Crippen LogP contribution in [0.5, 0.6) is 0 Å². The smallest absolute Gasteiger partial charge is 0.0490 e. The van der Waals surface area contributed by atoms with Crippen LogP contribution in [0.3, 0.4) is 0 Å². The Balaban J connectivity index is 1.57. The molecule has 1 fully saturated rings. The predicted molar refractivity (Wildman–Crippen MR) is 75.7 cm³/mol. The molecule has 0 spiro atoms. The lowest BCUT2D eigenvalue weighted by atomic mass is 9.93. The maximum Gasteiger partial charge on any atom is 0.0490 e. The maximum atomic E-state index is 4.04. The van der Waals surface area contributed by atoms with Gasteiger partial charge in [0, 0.05) is 43.9 Å². The Morgan fingerprint density at radius 2 is 2.37 bits per heavy atom. The first kappa shape index (κ1) is 12.5. The third-order valence-corrected chi connectivity index (χ3v) is 4.11. The van der Waals surface area contributed by atoms with Gasteiger partial charge < -0.3 is 4.57 Å². The molecule has 102 valence electrons. The molecule has 3 rings (SSSR count). The summed E-state index contributed by atoms with van der Waals surface area (Å²) >= 11 is 0. The number of aromatic nitrogens is 3. The SMILES string of the molecule is Cn1cccc1CN1CCC[C@@H](Cc2ccn[nH]2)C1.